The highest BCUT2D eigenvalue weighted by Crippen LogP contribution is 2.21. The Bertz CT molecular complexity index is 244. The molecule has 1 fully saturated rings. The van der Waals surface area contributed by atoms with Crippen molar-refractivity contribution < 1.29 is 4.79 Å². The molecule has 0 aromatic carbocycles. The maximum Gasteiger partial charge on any atom is 0.230 e. The summed E-state index contributed by atoms with van der Waals surface area (Å²) in [7, 11) is 0. The topological polar surface area (TPSA) is 32.3 Å². The molecule has 1 heterocycles. The molecule has 0 aliphatic carbocycles. The lowest BCUT2D eigenvalue weighted by atomic mass is 9.86. The van der Waals surface area contributed by atoms with E-state index in [-0.39, 0.29) is 17.4 Å². The minimum atomic E-state index is 0.122. The molecule has 100 valence electrons. The first kappa shape index (κ1) is 14.8. The van der Waals surface area contributed by atoms with E-state index < -0.39 is 0 Å². The van der Waals surface area contributed by atoms with Crippen molar-refractivity contribution in [2.45, 2.75) is 39.7 Å². The van der Waals surface area contributed by atoms with E-state index in [2.05, 4.69) is 31.0 Å². The first-order valence-electron chi connectivity index (χ1n) is 6.44. The van der Waals surface area contributed by atoms with Crippen LogP contribution in [0.15, 0.2) is 0 Å². The molecule has 3 nitrogen and oxygen atoms in total. The van der Waals surface area contributed by atoms with Crippen molar-refractivity contribution in [1.29, 1.82) is 0 Å². The second-order valence-corrected chi connectivity index (χ2v) is 6.79. The van der Waals surface area contributed by atoms with Crippen molar-refractivity contribution in [3.63, 3.8) is 0 Å². The van der Waals surface area contributed by atoms with Gasteiger partial charge in [0.15, 0.2) is 0 Å². The Hall–Kier alpha value is -0.220. The summed E-state index contributed by atoms with van der Waals surface area (Å²) in [4.78, 5) is 14.2. The van der Waals surface area contributed by atoms with Crippen molar-refractivity contribution in [1.82, 2.24) is 10.2 Å². The van der Waals surface area contributed by atoms with Gasteiger partial charge < -0.3 is 10.2 Å². The molecular weight excluding hydrogens is 232 g/mol. The van der Waals surface area contributed by atoms with Gasteiger partial charge in [0.2, 0.25) is 5.91 Å². The number of amides is 1. The molecule has 1 N–H and O–H groups in total. The largest absolute Gasteiger partial charge is 0.351 e. The van der Waals surface area contributed by atoms with Crippen LogP contribution in [0, 0.1) is 5.41 Å². The number of hydrogen-bond acceptors (Lipinski definition) is 3. The predicted molar refractivity (Wildman–Crippen MR) is 75.4 cm³/mol. The van der Waals surface area contributed by atoms with Crippen LogP contribution in [-0.2, 0) is 4.79 Å². The highest BCUT2D eigenvalue weighted by Gasteiger charge is 2.28. The molecule has 1 atom stereocenters. The molecule has 1 amide bonds. The maximum absolute atomic E-state index is 11.7. The van der Waals surface area contributed by atoms with Crippen molar-refractivity contribution in [3.8, 4) is 0 Å². The van der Waals surface area contributed by atoms with E-state index in [1.807, 2.05) is 6.26 Å². The molecule has 0 spiro atoms. The van der Waals surface area contributed by atoms with Crippen molar-refractivity contribution in [2.75, 3.05) is 31.6 Å². The van der Waals surface area contributed by atoms with Crippen LogP contribution in [-0.4, -0.2) is 48.5 Å². The van der Waals surface area contributed by atoms with Gasteiger partial charge in [0.1, 0.15) is 0 Å². The average Bonchev–Trinajstić information content (AvgIpc) is 2.68. The van der Waals surface area contributed by atoms with E-state index in [1.165, 1.54) is 25.9 Å². The average molecular weight is 258 g/mol. The van der Waals surface area contributed by atoms with Gasteiger partial charge in [-0.25, -0.2) is 0 Å². The van der Waals surface area contributed by atoms with Crippen LogP contribution in [0.5, 0.6) is 0 Å². The summed E-state index contributed by atoms with van der Waals surface area (Å²) in [6.45, 7) is 9.97. The van der Waals surface area contributed by atoms with Crippen LogP contribution in [0.3, 0.4) is 0 Å². The van der Waals surface area contributed by atoms with Crippen LogP contribution < -0.4 is 5.32 Å². The molecule has 1 rings (SSSR count). The summed E-state index contributed by atoms with van der Waals surface area (Å²) in [6.07, 6.45) is 4.57. The number of carbonyl (C=O) groups is 1. The number of nitrogens with one attached hydrogen (secondary N) is 1. The van der Waals surface area contributed by atoms with Gasteiger partial charge in [-0.3, -0.25) is 4.79 Å². The quantitative estimate of drug-likeness (QED) is 0.818. The van der Waals surface area contributed by atoms with Gasteiger partial charge in [-0.15, -0.1) is 0 Å². The van der Waals surface area contributed by atoms with Crippen LogP contribution >= 0.6 is 11.8 Å². The Morgan fingerprint density at radius 3 is 2.41 bits per heavy atom. The fraction of sp³-hybridized carbons (Fsp3) is 0.923. The highest BCUT2D eigenvalue weighted by molar-refractivity contribution is 7.99. The van der Waals surface area contributed by atoms with E-state index >= 15 is 0 Å². The molecule has 0 bridgehead atoms. The summed E-state index contributed by atoms with van der Waals surface area (Å²) in [5.74, 6) is 0.726. The Kier molecular flexibility index (Phi) is 5.80. The third-order valence-corrected chi connectivity index (χ3v) is 3.85. The number of likely N-dealkylation sites (tertiary alicyclic amines) is 1. The lowest BCUT2D eigenvalue weighted by Gasteiger charge is -2.34. The third kappa shape index (κ3) is 5.30. The SMILES string of the molecule is CSCC(=O)NC(CN1CCCC1)C(C)(C)C. The molecule has 0 aromatic heterocycles. The van der Waals surface area contributed by atoms with Crippen molar-refractivity contribution >= 4 is 17.7 Å². The van der Waals surface area contributed by atoms with Gasteiger partial charge in [-0.2, -0.15) is 11.8 Å². The number of thioether (sulfide) groups is 1. The van der Waals surface area contributed by atoms with Gasteiger partial charge in [0.05, 0.1) is 5.75 Å². The van der Waals surface area contributed by atoms with Gasteiger partial charge >= 0.3 is 0 Å². The highest BCUT2D eigenvalue weighted by atomic mass is 32.2. The van der Waals surface area contributed by atoms with Crippen LogP contribution in [0.4, 0.5) is 0 Å². The standard InChI is InChI=1S/C13H26N2OS/c1-13(2,3)11(14-12(16)10-17-4)9-15-7-5-6-8-15/h11H,5-10H2,1-4H3,(H,14,16). The molecule has 1 aliphatic rings. The van der Waals surface area contributed by atoms with Gasteiger partial charge in [0, 0.05) is 12.6 Å². The molecule has 1 aliphatic heterocycles. The van der Waals surface area contributed by atoms with Crippen LogP contribution in [0.1, 0.15) is 33.6 Å². The minimum absolute atomic E-state index is 0.122. The fourth-order valence-electron chi connectivity index (χ4n) is 2.13. The smallest absolute Gasteiger partial charge is 0.230 e. The molecule has 1 unspecified atom stereocenters. The normalized spacial score (nSPS) is 19.3. The maximum atomic E-state index is 11.7. The number of rotatable bonds is 5. The Labute approximate surface area is 110 Å². The Balaban J connectivity index is 2.51. The number of hydrogen-bond donors (Lipinski definition) is 1. The van der Waals surface area contributed by atoms with Gasteiger partial charge in [0.25, 0.3) is 0 Å². The molecule has 1 saturated heterocycles. The summed E-state index contributed by atoms with van der Waals surface area (Å²) in [5, 5.41) is 3.18. The number of nitrogens with zero attached hydrogens (tertiary/aromatic N) is 1. The van der Waals surface area contributed by atoms with E-state index in [4.69, 9.17) is 0 Å². The Morgan fingerprint density at radius 1 is 1.35 bits per heavy atom. The zero-order valence-electron chi connectivity index (χ0n) is 11.6. The molecule has 0 radical (unpaired) electrons. The molecular formula is C13H26N2OS. The van der Waals surface area contributed by atoms with Crippen LogP contribution in [0.25, 0.3) is 0 Å². The predicted octanol–water partition coefficient (Wildman–Crippen LogP) is 1.98. The van der Waals surface area contributed by atoms with Crippen molar-refractivity contribution in [3.05, 3.63) is 0 Å². The van der Waals surface area contributed by atoms with Gasteiger partial charge in [-0.05, 0) is 37.6 Å². The summed E-state index contributed by atoms with van der Waals surface area (Å²) >= 11 is 1.58. The fourth-order valence-corrected chi connectivity index (χ4v) is 2.47. The Morgan fingerprint density at radius 2 is 1.94 bits per heavy atom. The zero-order chi connectivity index (χ0) is 12.9. The molecule has 17 heavy (non-hydrogen) atoms. The monoisotopic (exact) mass is 258 g/mol. The minimum Gasteiger partial charge on any atom is -0.351 e. The summed E-state index contributed by atoms with van der Waals surface area (Å²) in [5.41, 5.74) is 0.122. The molecule has 0 aromatic rings. The molecule has 4 heteroatoms. The molecule has 0 saturated carbocycles. The van der Waals surface area contributed by atoms with E-state index in [0.29, 0.717) is 5.75 Å². The second-order valence-electron chi connectivity index (χ2n) is 5.93. The third-order valence-electron chi connectivity index (χ3n) is 3.30. The number of carbonyl (C=O) groups excluding carboxylic acids is 1. The zero-order valence-corrected chi connectivity index (χ0v) is 12.4. The first-order chi connectivity index (χ1) is 7.93. The summed E-state index contributed by atoms with van der Waals surface area (Å²) < 4.78 is 0. The van der Waals surface area contributed by atoms with Crippen molar-refractivity contribution in [2.24, 2.45) is 5.41 Å². The second kappa shape index (κ2) is 6.64. The van der Waals surface area contributed by atoms with Gasteiger partial charge in [-0.1, -0.05) is 20.8 Å². The van der Waals surface area contributed by atoms with Crippen LogP contribution in [0.2, 0.25) is 0 Å². The lowest BCUT2D eigenvalue weighted by molar-refractivity contribution is -0.120. The van der Waals surface area contributed by atoms with E-state index in [9.17, 15) is 4.79 Å². The summed E-state index contributed by atoms with van der Waals surface area (Å²) in [6, 6.07) is 0.250. The van der Waals surface area contributed by atoms with E-state index in [0.717, 1.165) is 6.54 Å². The lowest BCUT2D eigenvalue weighted by Crippen LogP contribution is -2.50. The first-order valence-corrected chi connectivity index (χ1v) is 7.83. The van der Waals surface area contributed by atoms with E-state index in [1.54, 1.807) is 11.8 Å².